The smallest absolute Gasteiger partial charge is 0.306 e. The highest BCUT2D eigenvalue weighted by Crippen LogP contribution is 2.19. The van der Waals surface area contributed by atoms with Gasteiger partial charge in [0, 0.05) is 6.42 Å². The van der Waals surface area contributed by atoms with E-state index in [0.29, 0.717) is 19.3 Å². The fourth-order valence-electron chi connectivity index (χ4n) is 9.16. The molecule has 0 heterocycles. The van der Waals surface area contributed by atoms with Gasteiger partial charge in [-0.3, -0.25) is 9.59 Å². The van der Waals surface area contributed by atoms with Crippen LogP contribution in [0.3, 0.4) is 0 Å². The number of allylic oxidation sites excluding steroid dienone is 6. The summed E-state index contributed by atoms with van der Waals surface area (Å²) in [4.78, 5) is 26.3. The zero-order valence-electron chi connectivity index (χ0n) is 45.0. The van der Waals surface area contributed by atoms with Crippen molar-refractivity contribution in [1.82, 2.24) is 5.32 Å². The summed E-state index contributed by atoms with van der Waals surface area (Å²) < 4.78 is 5.97. The first kappa shape index (κ1) is 65.1. The van der Waals surface area contributed by atoms with E-state index in [9.17, 15) is 19.8 Å². The minimum Gasteiger partial charge on any atom is -0.462 e. The van der Waals surface area contributed by atoms with Gasteiger partial charge in [0.2, 0.25) is 5.91 Å². The molecule has 0 aliphatic rings. The lowest BCUT2D eigenvalue weighted by atomic mass is 10.0. The molecule has 0 aromatic heterocycles. The standard InChI is InChI=1S/C61H115NO5/c1-4-7-10-13-16-19-22-25-27-29-30-32-34-36-39-42-45-48-51-54-61(66)67-57(52-49-46-43-40-37-35-33-31-28-26-23-20-17-14-11-8-5-2)55-60(65)62-58(56-63)59(64)53-50-47-44-41-38-24-21-18-15-12-9-6-3/h16,19,25-28,57-59,63-64H,4-15,17-18,20-24,29-56H2,1-3H3,(H,62,65)/b19-16-,27-25-,28-26+. The second kappa shape index (κ2) is 55.0. The molecule has 0 fully saturated rings. The minimum absolute atomic E-state index is 0.0762. The normalized spacial score (nSPS) is 13.3. The van der Waals surface area contributed by atoms with Crippen LogP contribution in [0, 0.1) is 0 Å². The average molecular weight is 943 g/mol. The maximum atomic E-state index is 13.3. The van der Waals surface area contributed by atoms with E-state index in [1.807, 2.05) is 0 Å². The van der Waals surface area contributed by atoms with Crippen molar-refractivity contribution >= 4 is 11.9 Å². The van der Waals surface area contributed by atoms with Gasteiger partial charge in [-0.1, -0.05) is 256 Å². The van der Waals surface area contributed by atoms with E-state index in [4.69, 9.17) is 4.74 Å². The van der Waals surface area contributed by atoms with Gasteiger partial charge < -0.3 is 20.3 Å². The molecule has 0 radical (unpaired) electrons. The summed E-state index contributed by atoms with van der Waals surface area (Å²) in [6.07, 6.45) is 66.4. The second-order valence-corrected chi connectivity index (χ2v) is 20.4. The number of nitrogens with one attached hydrogen (secondary N) is 1. The number of carbonyl (C=O) groups excluding carboxylic acids is 2. The fourth-order valence-corrected chi connectivity index (χ4v) is 9.16. The van der Waals surface area contributed by atoms with Gasteiger partial charge >= 0.3 is 5.97 Å². The number of hydrogen-bond acceptors (Lipinski definition) is 5. The van der Waals surface area contributed by atoms with Gasteiger partial charge in [-0.15, -0.1) is 0 Å². The Balaban J connectivity index is 4.54. The predicted octanol–water partition coefficient (Wildman–Crippen LogP) is 18.4. The van der Waals surface area contributed by atoms with Gasteiger partial charge in [0.1, 0.15) is 6.10 Å². The summed E-state index contributed by atoms with van der Waals surface area (Å²) >= 11 is 0. The molecule has 0 aliphatic heterocycles. The maximum absolute atomic E-state index is 13.3. The molecule has 0 bridgehead atoms. The highest BCUT2D eigenvalue weighted by atomic mass is 16.5. The quantitative estimate of drug-likeness (QED) is 0.0321. The Bertz CT molecular complexity index is 1100. The third kappa shape index (κ3) is 50.3. The van der Waals surface area contributed by atoms with Gasteiger partial charge in [0.15, 0.2) is 0 Å². The van der Waals surface area contributed by atoms with Crippen LogP contribution in [0.15, 0.2) is 36.5 Å². The maximum Gasteiger partial charge on any atom is 0.306 e. The molecule has 0 spiro atoms. The molecule has 3 unspecified atom stereocenters. The van der Waals surface area contributed by atoms with Crippen LogP contribution in [0.1, 0.15) is 316 Å². The van der Waals surface area contributed by atoms with Crippen LogP contribution in [0.2, 0.25) is 0 Å². The number of hydrogen-bond donors (Lipinski definition) is 3. The molecule has 3 atom stereocenters. The lowest BCUT2D eigenvalue weighted by Crippen LogP contribution is -2.46. The molecular weight excluding hydrogens is 827 g/mol. The Morgan fingerprint density at radius 1 is 0.433 bits per heavy atom. The first-order valence-electron chi connectivity index (χ1n) is 29.7. The van der Waals surface area contributed by atoms with Gasteiger partial charge in [-0.05, 0) is 83.5 Å². The van der Waals surface area contributed by atoms with E-state index in [0.717, 1.165) is 57.8 Å². The first-order valence-corrected chi connectivity index (χ1v) is 29.7. The van der Waals surface area contributed by atoms with Crippen molar-refractivity contribution in [3.8, 4) is 0 Å². The predicted molar refractivity (Wildman–Crippen MR) is 292 cm³/mol. The zero-order valence-corrected chi connectivity index (χ0v) is 45.0. The topological polar surface area (TPSA) is 95.9 Å². The van der Waals surface area contributed by atoms with Crippen molar-refractivity contribution in [3.63, 3.8) is 0 Å². The van der Waals surface area contributed by atoms with Crippen LogP contribution in [0.25, 0.3) is 0 Å². The molecule has 6 heteroatoms. The van der Waals surface area contributed by atoms with Crippen molar-refractivity contribution < 1.29 is 24.5 Å². The Hall–Kier alpha value is -1.92. The molecule has 0 aliphatic carbocycles. The zero-order chi connectivity index (χ0) is 48.8. The Morgan fingerprint density at radius 3 is 1.18 bits per heavy atom. The van der Waals surface area contributed by atoms with E-state index in [1.54, 1.807) is 0 Å². The van der Waals surface area contributed by atoms with Crippen LogP contribution in [-0.2, 0) is 14.3 Å². The SMILES string of the molecule is CCCCC/C=C\C/C=C\CCCCCCCCCCCC(=O)OC(CCCCCCCCC/C=C/CCCCCCCC)CC(=O)NC(CO)C(O)CCCCCCCCCCCCCC. The molecule has 67 heavy (non-hydrogen) atoms. The Morgan fingerprint density at radius 2 is 0.761 bits per heavy atom. The number of aliphatic hydroxyl groups excluding tert-OH is 2. The van der Waals surface area contributed by atoms with Gasteiger partial charge in [0.25, 0.3) is 0 Å². The van der Waals surface area contributed by atoms with Crippen molar-refractivity contribution in [2.24, 2.45) is 0 Å². The van der Waals surface area contributed by atoms with Crippen molar-refractivity contribution in [2.45, 2.75) is 334 Å². The summed E-state index contributed by atoms with van der Waals surface area (Å²) in [5.41, 5.74) is 0. The summed E-state index contributed by atoms with van der Waals surface area (Å²) in [6.45, 7) is 6.48. The number of aliphatic hydroxyl groups is 2. The molecule has 6 nitrogen and oxygen atoms in total. The Labute approximate surface area is 417 Å². The number of amides is 1. The third-order valence-electron chi connectivity index (χ3n) is 13.7. The van der Waals surface area contributed by atoms with Crippen LogP contribution in [0.4, 0.5) is 0 Å². The van der Waals surface area contributed by atoms with Crippen LogP contribution >= 0.6 is 0 Å². The third-order valence-corrected chi connectivity index (χ3v) is 13.7. The van der Waals surface area contributed by atoms with Crippen molar-refractivity contribution in [3.05, 3.63) is 36.5 Å². The highest BCUT2D eigenvalue weighted by Gasteiger charge is 2.24. The summed E-state index contributed by atoms with van der Waals surface area (Å²) in [6, 6.07) is -0.702. The minimum atomic E-state index is -0.788. The second-order valence-electron chi connectivity index (χ2n) is 20.4. The Kier molecular flexibility index (Phi) is 53.4. The number of unbranched alkanes of at least 4 members (excludes halogenated alkanes) is 36. The monoisotopic (exact) mass is 942 g/mol. The molecule has 3 N–H and O–H groups in total. The lowest BCUT2D eigenvalue weighted by molar-refractivity contribution is -0.151. The number of carbonyl (C=O) groups is 2. The van der Waals surface area contributed by atoms with Crippen LogP contribution < -0.4 is 5.32 Å². The summed E-state index contributed by atoms with van der Waals surface area (Å²) in [5, 5.41) is 23.9. The molecule has 0 aromatic rings. The molecule has 1 amide bonds. The highest BCUT2D eigenvalue weighted by molar-refractivity contribution is 5.77. The van der Waals surface area contributed by atoms with Gasteiger partial charge in [-0.25, -0.2) is 0 Å². The lowest BCUT2D eigenvalue weighted by Gasteiger charge is -2.24. The van der Waals surface area contributed by atoms with Crippen molar-refractivity contribution in [2.75, 3.05) is 6.61 Å². The van der Waals surface area contributed by atoms with E-state index >= 15 is 0 Å². The molecular formula is C61H115NO5. The number of rotatable bonds is 54. The van der Waals surface area contributed by atoms with Crippen LogP contribution in [0.5, 0.6) is 0 Å². The van der Waals surface area contributed by atoms with Gasteiger partial charge in [-0.2, -0.15) is 0 Å². The molecule has 0 rings (SSSR count). The first-order chi connectivity index (χ1) is 33.0. The number of esters is 1. The molecule has 394 valence electrons. The molecule has 0 saturated carbocycles. The molecule has 0 saturated heterocycles. The van der Waals surface area contributed by atoms with E-state index in [-0.39, 0.29) is 24.9 Å². The molecule has 0 aromatic carbocycles. The van der Waals surface area contributed by atoms with E-state index < -0.39 is 18.2 Å². The van der Waals surface area contributed by atoms with Crippen molar-refractivity contribution in [1.29, 1.82) is 0 Å². The summed E-state index contributed by atoms with van der Waals surface area (Å²) in [7, 11) is 0. The largest absolute Gasteiger partial charge is 0.462 e. The average Bonchev–Trinajstić information content (AvgIpc) is 3.32. The van der Waals surface area contributed by atoms with E-state index in [2.05, 4.69) is 62.5 Å². The summed E-state index contributed by atoms with van der Waals surface area (Å²) in [5.74, 6) is -0.467. The van der Waals surface area contributed by atoms with Gasteiger partial charge in [0.05, 0.1) is 25.2 Å². The number of ether oxygens (including phenoxy) is 1. The fraction of sp³-hybridized carbons (Fsp3) is 0.869. The van der Waals surface area contributed by atoms with E-state index in [1.165, 1.54) is 212 Å². The van der Waals surface area contributed by atoms with Crippen LogP contribution in [-0.4, -0.2) is 46.9 Å².